The Balaban J connectivity index is 1.19. The molecule has 1 aromatic heterocycles. The third-order valence-corrected chi connectivity index (χ3v) is 9.62. The minimum atomic E-state index is 0.616. The van der Waals surface area contributed by atoms with E-state index in [1.54, 1.807) is 0 Å². The van der Waals surface area contributed by atoms with E-state index in [1.807, 2.05) is 0 Å². The smallest absolute Gasteiger partial charge is 0.131 e. The van der Waals surface area contributed by atoms with Crippen molar-refractivity contribution in [1.82, 2.24) is 9.97 Å². The average molecular weight is 439 g/mol. The maximum atomic E-state index is 4.89. The van der Waals surface area contributed by atoms with Crippen molar-refractivity contribution in [1.29, 1.82) is 0 Å². The first-order valence-electron chi connectivity index (χ1n) is 14.6. The molecule has 0 unspecified atom stereocenters. The lowest BCUT2D eigenvalue weighted by atomic mass is 9.68. The van der Waals surface area contributed by atoms with Crippen molar-refractivity contribution in [2.75, 3.05) is 0 Å². The van der Waals surface area contributed by atoms with E-state index in [0.717, 1.165) is 29.5 Å². The molecule has 4 rings (SSSR count). The van der Waals surface area contributed by atoms with Crippen molar-refractivity contribution in [2.45, 2.75) is 141 Å². The summed E-state index contributed by atoms with van der Waals surface area (Å²) in [5.41, 5.74) is 1.42. The van der Waals surface area contributed by atoms with Crippen LogP contribution in [0.4, 0.5) is 0 Å². The summed E-state index contributed by atoms with van der Waals surface area (Å²) in [5.74, 6) is 6.50. The van der Waals surface area contributed by atoms with Crippen molar-refractivity contribution < 1.29 is 0 Å². The molecule has 2 nitrogen and oxygen atoms in total. The van der Waals surface area contributed by atoms with E-state index in [0.29, 0.717) is 11.8 Å². The van der Waals surface area contributed by atoms with Crippen LogP contribution in [0.25, 0.3) is 0 Å². The Morgan fingerprint density at radius 3 is 1.72 bits per heavy atom. The van der Waals surface area contributed by atoms with E-state index in [9.17, 15) is 0 Å². The molecule has 3 aliphatic rings. The van der Waals surface area contributed by atoms with E-state index >= 15 is 0 Å². The van der Waals surface area contributed by atoms with Gasteiger partial charge in [-0.15, -0.1) is 0 Å². The molecule has 0 aromatic carbocycles. The first kappa shape index (κ1) is 24.2. The van der Waals surface area contributed by atoms with Crippen molar-refractivity contribution in [3.8, 4) is 0 Å². The van der Waals surface area contributed by atoms with Gasteiger partial charge in [0.1, 0.15) is 5.82 Å². The highest BCUT2D eigenvalue weighted by Gasteiger charge is 2.31. The minimum absolute atomic E-state index is 0.616. The van der Waals surface area contributed by atoms with Gasteiger partial charge in [-0.3, -0.25) is 0 Å². The highest BCUT2D eigenvalue weighted by Crippen LogP contribution is 2.44. The summed E-state index contributed by atoms with van der Waals surface area (Å²) in [4.78, 5) is 9.77. The van der Waals surface area contributed by atoms with Crippen LogP contribution in [0.5, 0.6) is 0 Å². The summed E-state index contributed by atoms with van der Waals surface area (Å²) < 4.78 is 0. The molecule has 0 N–H and O–H groups in total. The van der Waals surface area contributed by atoms with Crippen LogP contribution in [-0.2, 0) is 0 Å². The van der Waals surface area contributed by atoms with Crippen molar-refractivity contribution in [3.05, 3.63) is 23.8 Å². The van der Waals surface area contributed by atoms with Gasteiger partial charge in [0.2, 0.25) is 0 Å². The fourth-order valence-corrected chi connectivity index (χ4v) is 7.44. The van der Waals surface area contributed by atoms with Gasteiger partial charge in [-0.05, 0) is 99.4 Å². The molecule has 32 heavy (non-hydrogen) atoms. The minimum Gasteiger partial charge on any atom is -0.241 e. The Morgan fingerprint density at radius 2 is 1.12 bits per heavy atom. The molecule has 0 atom stereocenters. The van der Waals surface area contributed by atoms with Crippen LogP contribution in [0.3, 0.4) is 0 Å². The highest BCUT2D eigenvalue weighted by molar-refractivity contribution is 5.14. The van der Waals surface area contributed by atoms with E-state index in [4.69, 9.17) is 9.97 Å². The summed E-state index contributed by atoms with van der Waals surface area (Å²) >= 11 is 0. The molecular weight excluding hydrogens is 388 g/mol. The molecule has 0 bridgehead atoms. The monoisotopic (exact) mass is 438 g/mol. The Bertz CT molecular complexity index is 629. The molecule has 0 aliphatic heterocycles. The van der Waals surface area contributed by atoms with E-state index in [1.165, 1.54) is 121 Å². The van der Waals surface area contributed by atoms with Gasteiger partial charge in [0.15, 0.2) is 0 Å². The Morgan fingerprint density at radius 1 is 0.594 bits per heavy atom. The molecule has 0 radical (unpaired) electrons. The van der Waals surface area contributed by atoms with Gasteiger partial charge in [-0.1, -0.05) is 65.2 Å². The third kappa shape index (κ3) is 6.57. The third-order valence-electron chi connectivity index (χ3n) is 9.62. The van der Waals surface area contributed by atoms with E-state index < -0.39 is 0 Å². The number of nitrogens with zero attached hydrogens (tertiary/aromatic N) is 2. The molecule has 3 fully saturated rings. The molecule has 1 aromatic rings. The molecule has 0 spiro atoms. The largest absolute Gasteiger partial charge is 0.241 e. The Labute approximate surface area is 198 Å². The van der Waals surface area contributed by atoms with Crippen LogP contribution >= 0.6 is 0 Å². The lowest BCUT2D eigenvalue weighted by molar-refractivity contribution is 0.155. The van der Waals surface area contributed by atoms with Gasteiger partial charge in [-0.2, -0.15) is 0 Å². The van der Waals surface area contributed by atoms with Gasteiger partial charge in [0, 0.05) is 18.3 Å². The molecule has 1 heterocycles. The lowest BCUT2D eigenvalue weighted by Gasteiger charge is -2.38. The second-order valence-electron chi connectivity index (χ2n) is 11.8. The summed E-state index contributed by atoms with van der Waals surface area (Å²) in [6, 6.07) is 0. The Hall–Kier alpha value is -0.920. The summed E-state index contributed by atoms with van der Waals surface area (Å²) in [6.45, 7) is 4.65. The maximum absolute atomic E-state index is 4.89. The second-order valence-corrected chi connectivity index (χ2v) is 11.8. The molecule has 3 saturated carbocycles. The second kappa shape index (κ2) is 12.5. The quantitative estimate of drug-likeness (QED) is 0.359. The molecule has 2 heteroatoms. The zero-order valence-corrected chi connectivity index (χ0v) is 21.2. The van der Waals surface area contributed by atoms with Crippen molar-refractivity contribution in [2.24, 2.45) is 23.7 Å². The molecule has 3 aliphatic carbocycles. The summed E-state index contributed by atoms with van der Waals surface area (Å²) in [5, 5.41) is 0. The van der Waals surface area contributed by atoms with Crippen LogP contribution in [0, 0.1) is 23.7 Å². The number of aromatic nitrogens is 2. The number of hydrogen-bond donors (Lipinski definition) is 0. The van der Waals surface area contributed by atoms with Crippen LogP contribution in [-0.4, -0.2) is 9.97 Å². The van der Waals surface area contributed by atoms with Crippen LogP contribution in [0.1, 0.15) is 153 Å². The normalized spacial score (nSPS) is 33.8. The van der Waals surface area contributed by atoms with E-state index in [2.05, 4.69) is 26.2 Å². The van der Waals surface area contributed by atoms with Crippen LogP contribution < -0.4 is 0 Å². The number of hydrogen-bond acceptors (Lipinski definition) is 2. The zero-order valence-electron chi connectivity index (χ0n) is 21.2. The predicted molar refractivity (Wildman–Crippen MR) is 136 cm³/mol. The highest BCUT2D eigenvalue weighted by atomic mass is 14.9. The first-order chi connectivity index (χ1) is 15.8. The van der Waals surface area contributed by atoms with Gasteiger partial charge >= 0.3 is 0 Å². The van der Waals surface area contributed by atoms with Gasteiger partial charge < -0.3 is 0 Å². The molecule has 0 saturated heterocycles. The average Bonchev–Trinajstić information content (AvgIpc) is 2.86. The Kier molecular flexibility index (Phi) is 9.47. The van der Waals surface area contributed by atoms with Gasteiger partial charge in [0.05, 0.1) is 0 Å². The first-order valence-corrected chi connectivity index (χ1v) is 14.6. The topological polar surface area (TPSA) is 25.8 Å². The van der Waals surface area contributed by atoms with Crippen molar-refractivity contribution in [3.63, 3.8) is 0 Å². The lowest BCUT2D eigenvalue weighted by Crippen LogP contribution is -2.25. The fourth-order valence-electron chi connectivity index (χ4n) is 7.44. The molecular formula is C30H50N2. The number of unbranched alkanes of at least 4 members (excludes halogenated alkanes) is 2. The standard InChI is InChI=1S/C30H50N2/c1-3-5-6-8-24-9-13-25(14-10-24)26-17-19-27(20-18-26)29-21-31-30(32-22-29)28-15-11-23(7-4-2)12-16-28/h21-28H,3-20H2,1-2H3/t23-,24-,25-,26-,27-,28-. The van der Waals surface area contributed by atoms with Crippen LogP contribution in [0.15, 0.2) is 12.4 Å². The molecule has 180 valence electrons. The van der Waals surface area contributed by atoms with Gasteiger partial charge in [0.25, 0.3) is 0 Å². The fraction of sp³-hybridized carbons (Fsp3) is 0.867. The van der Waals surface area contributed by atoms with E-state index in [-0.39, 0.29) is 0 Å². The van der Waals surface area contributed by atoms with Gasteiger partial charge in [-0.25, -0.2) is 9.97 Å². The SMILES string of the molecule is CCCCC[C@H]1CC[C@H]([C@H]2CC[C@H](c3cnc([C@H]4CC[C@H](CCC)CC4)nc3)CC2)CC1. The van der Waals surface area contributed by atoms with Crippen LogP contribution in [0.2, 0.25) is 0 Å². The van der Waals surface area contributed by atoms with Crippen molar-refractivity contribution >= 4 is 0 Å². The summed E-state index contributed by atoms with van der Waals surface area (Å²) in [7, 11) is 0. The predicted octanol–water partition coefficient (Wildman–Crippen LogP) is 9.21. The number of rotatable bonds is 9. The summed E-state index contributed by atoms with van der Waals surface area (Å²) in [6.07, 6.45) is 30.0. The zero-order chi connectivity index (χ0) is 22.2. The molecule has 0 amide bonds. The maximum Gasteiger partial charge on any atom is 0.131 e.